The number of hydrogen-bond acceptors (Lipinski definition) is 3. The van der Waals surface area contributed by atoms with E-state index in [2.05, 4.69) is 5.32 Å². The second-order valence-corrected chi connectivity index (χ2v) is 6.35. The fourth-order valence-corrected chi connectivity index (χ4v) is 2.57. The van der Waals surface area contributed by atoms with Crippen LogP contribution in [0.4, 0.5) is 14.5 Å². The number of rotatable bonds is 7. The predicted molar refractivity (Wildman–Crippen MR) is 71.5 cm³/mol. The number of benzene rings is 1. The van der Waals surface area contributed by atoms with Crippen LogP contribution in [0.3, 0.4) is 0 Å². The Morgan fingerprint density at radius 2 is 1.95 bits per heavy atom. The first-order valence-electron chi connectivity index (χ1n) is 5.99. The third-order valence-electron chi connectivity index (χ3n) is 2.34. The van der Waals surface area contributed by atoms with Crippen molar-refractivity contribution in [2.45, 2.75) is 26.3 Å². The van der Waals surface area contributed by atoms with Crippen LogP contribution in [0.1, 0.15) is 20.3 Å². The van der Waals surface area contributed by atoms with Crippen molar-refractivity contribution in [3.63, 3.8) is 0 Å². The highest BCUT2D eigenvalue weighted by Gasteiger charge is 2.13. The molecule has 2 N–H and O–H groups in total. The molecule has 0 aromatic heterocycles. The average molecular weight is 292 g/mol. The van der Waals surface area contributed by atoms with Crippen molar-refractivity contribution in [2.75, 3.05) is 17.0 Å². The highest BCUT2D eigenvalue weighted by molar-refractivity contribution is 7.92. The Labute approximate surface area is 112 Å². The van der Waals surface area contributed by atoms with E-state index in [1.165, 1.54) is 0 Å². The van der Waals surface area contributed by atoms with E-state index >= 15 is 0 Å². The van der Waals surface area contributed by atoms with Gasteiger partial charge >= 0.3 is 0 Å². The van der Waals surface area contributed by atoms with Crippen LogP contribution in [-0.2, 0) is 10.0 Å². The van der Waals surface area contributed by atoms with Gasteiger partial charge in [-0.2, -0.15) is 0 Å². The molecule has 0 aliphatic rings. The molecule has 1 aromatic carbocycles. The van der Waals surface area contributed by atoms with Crippen molar-refractivity contribution in [1.82, 2.24) is 5.32 Å². The SMILES string of the molecule is CC(C)NCCCS(=O)(=O)Nc1cc(F)ccc1F. The first kappa shape index (κ1) is 15.8. The summed E-state index contributed by atoms with van der Waals surface area (Å²) in [6.07, 6.45) is 0.393. The molecular weight excluding hydrogens is 274 g/mol. The molecule has 19 heavy (non-hydrogen) atoms. The Bertz CT molecular complexity index is 518. The lowest BCUT2D eigenvalue weighted by Crippen LogP contribution is -2.26. The minimum Gasteiger partial charge on any atom is -0.314 e. The van der Waals surface area contributed by atoms with Crippen LogP contribution in [-0.4, -0.2) is 26.8 Å². The summed E-state index contributed by atoms with van der Waals surface area (Å²) in [7, 11) is -3.67. The Morgan fingerprint density at radius 3 is 2.58 bits per heavy atom. The molecule has 4 nitrogen and oxygen atoms in total. The van der Waals surface area contributed by atoms with Crippen LogP contribution in [0.25, 0.3) is 0 Å². The number of halogens is 2. The highest BCUT2D eigenvalue weighted by atomic mass is 32.2. The topological polar surface area (TPSA) is 58.2 Å². The summed E-state index contributed by atoms with van der Waals surface area (Å²) < 4.78 is 51.6. The highest BCUT2D eigenvalue weighted by Crippen LogP contribution is 2.16. The smallest absolute Gasteiger partial charge is 0.232 e. The van der Waals surface area contributed by atoms with E-state index in [-0.39, 0.29) is 17.5 Å². The molecule has 0 bridgehead atoms. The third kappa shape index (κ3) is 5.98. The largest absolute Gasteiger partial charge is 0.314 e. The standard InChI is InChI=1S/C12H18F2N2O2S/c1-9(2)15-6-3-7-19(17,18)16-12-8-10(13)4-5-11(12)14/h4-5,8-9,15-16H,3,6-7H2,1-2H3. The normalized spacial score (nSPS) is 11.8. The quantitative estimate of drug-likeness (QED) is 0.757. The van der Waals surface area contributed by atoms with E-state index in [1.807, 2.05) is 18.6 Å². The van der Waals surface area contributed by atoms with Crippen molar-refractivity contribution < 1.29 is 17.2 Å². The monoisotopic (exact) mass is 292 g/mol. The lowest BCUT2D eigenvalue weighted by molar-refractivity contribution is 0.570. The second-order valence-electron chi connectivity index (χ2n) is 4.51. The summed E-state index contributed by atoms with van der Waals surface area (Å²) in [5, 5.41) is 3.08. The van der Waals surface area contributed by atoms with E-state index in [1.54, 1.807) is 0 Å². The maximum Gasteiger partial charge on any atom is 0.232 e. The van der Waals surface area contributed by atoms with Crippen molar-refractivity contribution in [3.8, 4) is 0 Å². The summed E-state index contributed by atoms with van der Waals surface area (Å²) in [5.41, 5.74) is -0.364. The van der Waals surface area contributed by atoms with E-state index in [0.29, 0.717) is 13.0 Å². The van der Waals surface area contributed by atoms with Gasteiger partial charge in [0.05, 0.1) is 11.4 Å². The molecule has 0 unspecified atom stereocenters. The van der Waals surface area contributed by atoms with Gasteiger partial charge < -0.3 is 5.32 Å². The molecule has 0 heterocycles. The number of sulfonamides is 1. The van der Waals surface area contributed by atoms with Crippen molar-refractivity contribution in [2.24, 2.45) is 0 Å². The van der Waals surface area contributed by atoms with Gasteiger partial charge in [-0.25, -0.2) is 17.2 Å². The fourth-order valence-electron chi connectivity index (χ4n) is 1.45. The van der Waals surface area contributed by atoms with Crippen LogP contribution >= 0.6 is 0 Å². The third-order valence-corrected chi connectivity index (χ3v) is 3.69. The van der Waals surface area contributed by atoms with Gasteiger partial charge in [0.15, 0.2) is 0 Å². The minimum atomic E-state index is -3.67. The van der Waals surface area contributed by atoms with Crippen molar-refractivity contribution >= 4 is 15.7 Å². The number of hydrogen-bond donors (Lipinski definition) is 2. The first-order chi connectivity index (χ1) is 8.80. The van der Waals surface area contributed by atoms with Gasteiger partial charge in [0.2, 0.25) is 10.0 Å². The molecule has 0 saturated carbocycles. The molecule has 1 rings (SSSR count). The van der Waals surface area contributed by atoms with Crippen LogP contribution in [0.5, 0.6) is 0 Å². The maximum absolute atomic E-state index is 13.3. The number of anilines is 1. The van der Waals surface area contributed by atoms with Gasteiger partial charge in [-0.3, -0.25) is 4.72 Å². The van der Waals surface area contributed by atoms with E-state index in [0.717, 1.165) is 18.2 Å². The molecule has 0 radical (unpaired) electrons. The zero-order valence-electron chi connectivity index (χ0n) is 10.9. The molecule has 0 saturated heterocycles. The molecule has 0 fully saturated rings. The second kappa shape index (κ2) is 6.81. The summed E-state index contributed by atoms with van der Waals surface area (Å²) in [6, 6.07) is 2.91. The summed E-state index contributed by atoms with van der Waals surface area (Å²) in [6.45, 7) is 4.45. The molecule has 0 spiro atoms. The predicted octanol–water partition coefficient (Wildman–Crippen LogP) is 2.09. The van der Waals surface area contributed by atoms with E-state index in [9.17, 15) is 17.2 Å². The minimum absolute atomic E-state index is 0.150. The van der Waals surface area contributed by atoms with Gasteiger partial charge in [0, 0.05) is 12.1 Å². The molecule has 7 heteroatoms. The van der Waals surface area contributed by atoms with Crippen molar-refractivity contribution in [1.29, 1.82) is 0 Å². The molecule has 0 aliphatic carbocycles. The first-order valence-corrected chi connectivity index (χ1v) is 7.64. The lowest BCUT2D eigenvalue weighted by atomic mass is 10.3. The zero-order valence-corrected chi connectivity index (χ0v) is 11.7. The zero-order chi connectivity index (χ0) is 14.5. The van der Waals surface area contributed by atoms with E-state index in [4.69, 9.17) is 0 Å². The van der Waals surface area contributed by atoms with Gasteiger partial charge in [-0.1, -0.05) is 13.8 Å². The molecule has 108 valence electrons. The van der Waals surface area contributed by atoms with Crippen molar-refractivity contribution in [3.05, 3.63) is 29.8 Å². The Hall–Kier alpha value is -1.21. The van der Waals surface area contributed by atoms with Gasteiger partial charge in [0.25, 0.3) is 0 Å². The summed E-state index contributed by atoms with van der Waals surface area (Å²) in [4.78, 5) is 0. The van der Waals surface area contributed by atoms with Crippen LogP contribution in [0.2, 0.25) is 0 Å². The molecule has 0 atom stereocenters. The summed E-state index contributed by atoms with van der Waals surface area (Å²) in [5.74, 6) is -1.64. The van der Waals surface area contributed by atoms with Crippen LogP contribution in [0.15, 0.2) is 18.2 Å². The van der Waals surface area contributed by atoms with Gasteiger partial charge in [-0.15, -0.1) is 0 Å². The molecule has 1 aromatic rings. The van der Waals surface area contributed by atoms with Gasteiger partial charge in [-0.05, 0) is 25.1 Å². The van der Waals surface area contributed by atoms with Crippen LogP contribution < -0.4 is 10.0 Å². The van der Waals surface area contributed by atoms with Gasteiger partial charge in [0.1, 0.15) is 11.6 Å². The fraction of sp³-hybridized carbons (Fsp3) is 0.500. The summed E-state index contributed by atoms with van der Waals surface area (Å²) >= 11 is 0. The molecule has 0 amide bonds. The Morgan fingerprint density at radius 1 is 1.26 bits per heavy atom. The number of nitrogens with one attached hydrogen (secondary N) is 2. The molecular formula is C12H18F2N2O2S. The van der Waals surface area contributed by atoms with Crippen LogP contribution in [0, 0.1) is 11.6 Å². The average Bonchev–Trinajstić information content (AvgIpc) is 2.29. The Balaban J connectivity index is 2.57. The lowest BCUT2D eigenvalue weighted by Gasteiger charge is -2.10. The van der Waals surface area contributed by atoms with E-state index < -0.39 is 21.7 Å². The Kier molecular flexibility index (Phi) is 5.68. The maximum atomic E-state index is 13.3. The molecule has 0 aliphatic heterocycles.